The van der Waals surface area contributed by atoms with Crippen LogP contribution in [0.15, 0.2) is 28.7 Å². The fourth-order valence-electron chi connectivity index (χ4n) is 2.64. The van der Waals surface area contributed by atoms with E-state index in [1.165, 1.54) is 10.9 Å². The van der Waals surface area contributed by atoms with E-state index in [2.05, 4.69) is 57.3 Å². The fraction of sp³-hybridized carbons (Fsp3) is 0.529. The zero-order valence-electron chi connectivity index (χ0n) is 12.7. The lowest BCUT2D eigenvalue weighted by molar-refractivity contribution is 0.264. The van der Waals surface area contributed by atoms with E-state index >= 15 is 0 Å². The molecule has 2 heteroatoms. The van der Waals surface area contributed by atoms with Gasteiger partial charge in [-0.1, -0.05) is 32.4 Å². The first-order valence-electron chi connectivity index (χ1n) is 7.06. The van der Waals surface area contributed by atoms with Gasteiger partial charge in [-0.25, -0.2) is 0 Å². The molecule has 2 rings (SSSR count). The minimum atomic E-state index is 0.275. The molecule has 0 aliphatic rings. The predicted octanol–water partition coefficient (Wildman–Crippen LogP) is 4.31. The van der Waals surface area contributed by atoms with Crippen molar-refractivity contribution in [2.75, 3.05) is 7.05 Å². The van der Waals surface area contributed by atoms with E-state index in [-0.39, 0.29) is 5.41 Å². The molecule has 1 N–H and O–H groups in total. The van der Waals surface area contributed by atoms with Crippen molar-refractivity contribution in [3.63, 3.8) is 0 Å². The monoisotopic (exact) mass is 259 g/mol. The predicted molar refractivity (Wildman–Crippen MR) is 81.6 cm³/mol. The zero-order valence-corrected chi connectivity index (χ0v) is 12.7. The Balaban J connectivity index is 2.09. The summed E-state index contributed by atoms with van der Waals surface area (Å²) >= 11 is 0. The van der Waals surface area contributed by atoms with Gasteiger partial charge in [0, 0.05) is 17.8 Å². The molecule has 0 radical (unpaired) electrons. The summed E-state index contributed by atoms with van der Waals surface area (Å²) in [5, 5.41) is 4.63. The van der Waals surface area contributed by atoms with Gasteiger partial charge in [-0.2, -0.15) is 0 Å². The molecule has 0 amide bonds. The molecule has 0 saturated heterocycles. The normalized spacial score (nSPS) is 13.9. The van der Waals surface area contributed by atoms with E-state index in [1.54, 1.807) is 0 Å². The van der Waals surface area contributed by atoms with Crippen LogP contribution >= 0.6 is 0 Å². The molecule has 1 atom stereocenters. The highest BCUT2D eigenvalue weighted by atomic mass is 16.3. The van der Waals surface area contributed by atoms with Crippen molar-refractivity contribution < 1.29 is 4.42 Å². The number of nitrogens with one attached hydrogen (secondary N) is 1. The van der Waals surface area contributed by atoms with Gasteiger partial charge in [-0.3, -0.25) is 0 Å². The van der Waals surface area contributed by atoms with E-state index in [0.29, 0.717) is 6.04 Å². The molecule has 0 aliphatic carbocycles. The molecular formula is C17H25NO. The maximum atomic E-state index is 5.90. The summed E-state index contributed by atoms with van der Waals surface area (Å²) in [6.45, 7) is 8.94. The van der Waals surface area contributed by atoms with E-state index < -0.39 is 0 Å². The van der Waals surface area contributed by atoms with Gasteiger partial charge >= 0.3 is 0 Å². The topological polar surface area (TPSA) is 25.2 Å². The SMILES string of the molecule is CNC(CCc1cc2cc(C)ccc2o1)C(C)(C)C. The molecule has 19 heavy (non-hydrogen) atoms. The van der Waals surface area contributed by atoms with Gasteiger partial charge in [0.2, 0.25) is 0 Å². The summed E-state index contributed by atoms with van der Waals surface area (Å²) in [5.41, 5.74) is 2.55. The van der Waals surface area contributed by atoms with Gasteiger partial charge in [0.25, 0.3) is 0 Å². The largest absolute Gasteiger partial charge is 0.461 e. The van der Waals surface area contributed by atoms with Crippen molar-refractivity contribution in [2.45, 2.75) is 46.6 Å². The Kier molecular flexibility index (Phi) is 4.00. The molecule has 0 aliphatic heterocycles. The third kappa shape index (κ3) is 3.38. The van der Waals surface area contributed by atoms with Crippen molar-refractivity contribution in [3.05, 3.63) is 35.6 Å². The zero-order chi connectivity index (χ0) is 14.0. The number of hydrogen-bond acceptors (Lipinski definition) is 2. The number of benzene rings is 1. The molecule has 0 fully saturated rings. The number of hydrogen-bond donors (Lipinski definition) is 1. The molecule has 2 aromatic rings. The molecule has 1 unspecified atom stereocenters. The Morgan fingerprint density at radius 1 is 1.21 bits per heavy atom. The molecule has 1 aromatic carbocycles. The Morgan fingerprint density at radius 2 is 1.95 bits per heavy atom. The minimum Gasteiger partial charge on any atom is -0.461 e. The van der Waals surface area contributed by atoms with Crippen LogP contribution in [-0.2, 0) is 6.42 Å². The van der Waals surface area contributed by atoms with Crippen LogP contribution in [0.4, 0.5) is 0 Å². The first-order valence-corrected chi connectivity index (χ1v) is 7.06. The summed E-state index contributed by atoms with van der Waals surface area (Å²) in [4.78, 5) is 0. The third-order valence-corrected chi connectivity index (χ3v) is 3.80. The number of rotatable bonds is 4. The number of fused-ring (bicyclic) bond motifs is 1. The number of aryl methyl sites for hydroxylation is 2. The van der Waals surface area contributed by atoms with Crippen LogP contribution in [0, 0.1) is 12.3 Å². The van der Waals surface area contributed by atoms with Crippen LogP contribution < -0.4 is 5.32 Å². The van der Waals surface area contributed by atoms with Crippen LogP contribution in [-0.4, -0.2) is 13.1 Å². The smallest absolute Gasteiger partial charge is 0.134 e. The highest BCUT2D eigenvalue weighted by Gasteiger charge is 2.22. The van der Waals surface area contributed by atoms with Gasteiger partial charge in [0.1, 0.15) is 11.3 Å². The molecule has 1 heterocycles. The second-order valence-corrected chi connectivity index (χ2v) is 6.50. The summed E-state index contributed by atoms with van der Waals surface area (Å²) in [7, 11) is 2.04. The van der Waals surface area contributed by atoms with E-state index in [0.717, 1.165) is 24.2 Å². The van der Waals surface area contributed by atoms with Crippen LogP contribution in [0.2, 0.25) is 0 Å². The molecule has 0 bridgehead atoms. The lowest BCUT2D eigenvalue weighted by atomic mass is 9.84. The van der Waals surface area contributed by atoms with Gasteiger partial charge in [-0.05, 0) is 44.0 Å². The van der Waals surface area contributed by atoms with Crippen LogP contribution in [0.1, 0.15) is 38.5 Å². The van der Waals surface area contributed by atoms with Crippen LogP contribution in [0.25, 0.3) is 11.0 Å². The maximum Gasteiger partial charge on any atom is 0.134 e. The Bertz CT molecular complexity index is 548. The quantitative estimate of drug-likeness (QED) is 0.885. The highest BCUT2D eigenvalue weighted by molar-refractivity contribution is 5.78. The second-order valence-electron chi connectivity index (χ2n) is 6.50. The van der Waals surface area contributed by atoms with Gasteiger partial charge in [0.05, 0.1) is 0 Å². The van der Waals surface area contributed by atoms with E-state index in [9.17, 15) is 0 Å². The van der Waals surface area contributed by atoms with Crippen molar-refractivity contribution >= 4 is 11.0 Å². The highest BCUT2D eigenvalue weighted by Crippen LogP contribution is 2.25. The summed E-state index contributed by atoms with van der Waals surface area (Å²) in [6.07, 6.45) is 2.08. The minimum absolute atomic E-state index is 0.275. The second kappa shape index (κ2) is 5.38. The van der Waals surface area contributed by atoms with Crippen molar-refractivity contribution in [1.82, 2.24) is 5.32 Å². The molecule has 2 nitrogen and oxygen atoms in total. The summed E-state index contributed by atoms with van der Waals surface area (Å²) in [5.74, 6) is 1.09. The molecular weight excluding hydrogens is 234 g/mol. The van der Waals surface area contributed by atoms with Crippen molar-refractivity contribution in [3.8, 4) is 0 Å². The lowest BCUT2D eigenvalue weighted by Crippen LogP contribution is -2.38. The summed E-state index contributed by atoms with van der Waals surface area (Å²) in [6, 6.07) is 9.02. The van der Waals surface area contributed by atoms with Gasteiger partial charge < -0.3 is 9.73 Å². The van der Waals surface area contributed by atoms with Crippen molar-refractivity contribution in [2.24, 2.45) is 5.41 Å². The Labute approximate surface area is 116 Å². The first-order chi connectivity index (χ1) is 8.90. The van der Waals surface area contributed by atoms with Crippen LogP contribution in [0.5, 0.6) is 0 Å². The Morgan fingerprint density at radius 3 is 2.58 bits per heavy atom. The van der Waals surface area contributed by atoms with Gasteiger partial charge in [0.15, 0.2) is 0 Å². The van der Waals surface area contributed by atoms with Crippen LogP contribution in [0.3, 0.4) is 0 Å². The third-order valence-electron chi connectivity index (χ3n) is 3.80. The van der Waals surface area contributed by atoms with E-state index in [1.807, 2.05) is 7.05 Å². The van der Waals surface area contributed by atoms with Crippen molar-refractivity contribution in [1.29, 1.82) is 0 Å². The maximum absolute atomic E-state index is 5.90. The summed E-state index contributed by atoms with van der Waals surface area (Å²) < 4.78 is 5.90. The average Bonchev–Trinajstić information content (AvgIpc) is 2.69. The molecule has 1 aromatic heterocycles. The molecule has 104 valence electrons. The molecule has 0 spiro atoms. The Hall–Kier alpha value is -1.28. The first kappa shape index (κ1) is 14.1. The fourth-order valence-corrected chi connectivity index (χ4v) is 2.64. The standard InChI is InChI=1S/C17H25NO/c1-12-6-8-15-13(10-12)11-14(19-15)7-9-16(18-5)17(2,3)4/h6,8,10-11,16,18H,7,9H2,1-5H3. The lowest BCUT2D eigenvalue weighted by Gasteiger charge is -2.30. The van der Waals surface area contributed by atoms with Gasteiger partial charge in [-0.15, -0.1) is 0 Å². The average molecular weight is 259 g/mol. The van der Waals surface area contributed by atoms with E-state index in [4.69, 9.17) is 4.42 Å². The number of furan rings is 1. The molecule has 0 saturated carbocycles.